The predicted octanol–water partition coefficient (Wildman–Crippen LogP) is 1.37. The quantitative estimate of drug-likeness (QED) is 0.748. The van der Waals surface area contributed by atoms with E-state index in [0.29, 0.717) is 13.0 Å². The molecule has 0 amide bonds. The van der Waals surface area contributed by atoms with Gasteiger partial charge in [0.1, 0.15) is 0 Å². The molecule has 1 rings (SSSR count). The van der Waals surface area contributed by atoms with Crippen LogP contribution in [0.1, 0.15) is 33.1 Å². The number of hydrogen-bond donors (Lipinski definition) is 1. The van der Waals surface area contributed by atoms with Crippen LogP contribution in [-0.2, 0) is 14.3 Å². The van der Waals surface area contributed by atoms with E-state index in [1.807, 2.05) is 6.92 Å². The maximum Gasteiger partial charge on any atom is 0.332 e. The fourth-order valence-electron chi connectivity index (χ4n) is 2.44. The average molecular weight is 259 g/mol. The van der Waals surface area contributed by atoms with Crippen LogP contribution in [0.25, 0.3) is 0 Å². The molecule has 1 aliphatic rings. The van der Waals surface area contributed by atoms with Crippen molar-refractivity contribution in [3.05, 3.63) is 0 Å². The first-order valence-electron chi connectivity index (χ1n) is 6.62. The number of carboxylic acids is 1. The second-order valence-electron chi connectivity index (χ2n) is 5.10. The van der Waals surface area contributed by atoms with Crippen LogP contribution >= 0.6 is 0 Å². The zero-order chi connectivity index (χ0) is 13.6. The Hall–Kier alpha value is -0.650. The Kier molecular flexibility index (Phi) is 6.05. The summed E-state index contributed by atoms with van der Waals surface area (Å²) in [5.41, 5.74) is -0.0947. The Morgan fingerprint density at radius 1 is 1.56 bits per heavy atom. The number of carboxylic acid groups (broad SMARTS) is 1. The van der Waals surface area contributed by atoms with Gasteiger partial charge in [-0.2, -0.15) is 0 Å². The number of carbonyl (C=O) groups is 1. The highest BCUT2D eigenvalue weighted by molar-refractivity contribution is 5.72. The molecular weight excluding hydrogens is 234 g/mol. The van der Waals surface area contributed by atoms with Gasteiger partial charge in [-0.15, -0.1) is 0 Å². The molecule has 1 saturated heterocycles. The Morgan fingerprint density at radius 3 is 2.83 bits per heavy atom. The van der Waals surface area contributed by atoms with Crippen molar-refractivity contribution in [1.29, 1.82) is 0 Å². The number of aliphatic carboxylic acids is 1. The number of piperidine rings is 1. The van der Waals surface area contributed by atoms with Crippen LogP contribution < -0.4 is 0 Å². The number of methoxy groups -OCH3 is 1. The summed E-state index contributed by atoms with van der Waals surface area (Å²) in [6.45, 7) is 6.98. The van der Waals surface area contributed by atoms with Gasteiger partial charge in [0.25, 0.3) is 0 Å². The Bertz CT molecular complexity index is 272. The van der Waals surface area contributed by atoms with Gasteiger partial charge >= 0.3 is 5.97 Å². The first kappa shape index (κ1) is 15.4. The minimum atomic E-state index is -0.872. The zero-order valence-corrected chi connectivity index (χ0v) is 11.6. The zero-order valence-electron chi connectivity index (χ0n) is 11.6. The van der Waals surface area contributed by atoms with Gasteiger partial charge in [-0.25, -0.2) is 4.79 Å². The first-order chi connectivity index (χ1) is 8.50. The van der Waals surface area contributed by atoms with Crippen LogP contribution in [0.4, 0.5) is 0 Å². The summed E-state index contributed by atoms with van der Waals surface area (Å²) >= 11 is 0. The maximum atomic E-state index is 11.0. The molecule has 0 radical (unpaired) electrons. The van der Waals surface area contributed by atoms with Gasteiger partial charge in [0.05, 0.1) is 5.60 Å². The predicted molar refractivity (Wildman–Crippen MR) is 68.8 cm³/mol. The third-order valence-electron chi connectivity index (χ3n) is 3.58. The van der Waals surface area contributed by atoms with Crippen molar-refractivity contribution in [2.75, 3.05) is 33.4 Å². The summed E-state index contributed by atoms with van der Waals surface area (Å²) in [7, 11) is 1.74. The fourth-order valence-corrected chi connectivity index (χ4v) is 2.44. The van der Waals surface area contributed by atoms with Crippen molar-refractivity contribution < 1.29 is 19.4 Å². The second-order valence-corrected chi connectivity index (χ2v) is 5.10. The van der Waals surface area contributed by atoms with E-state index in [1.165, 1.54) is 0 Å². The molecule has 0 saturated carbocycles. The van der Waals surface area contributed by atoms with Gasteiger partial charge in [0.2, 0.25) is 0 Å². The fraction of sp³-hybridized carbons (Fsp3) is 0.923. The minimum Gasteiger partial charge on any atom is -0.479 e. The Balaban J connectivity index is 2.40. The maximum absolute atomic E-state index is 11.0. The van der Waals surface area contributed by atoms with Crippen LogP contribution in [0.15, 0.2) is 0 Å². The molecule has 18 heavy (non-hydrogen) atoms. The Labute approximate surface area is 109 Å². The van der Waals surface area contributed by atoms with E-state index in [4.69, 9.17) is 14.6 Å². The number of hydrogen-bond acceptors (Lipinski definition) is 4. The van der Waals surface area contributed by atoms with E-state index in [-0.39, 0.29) is 5.60 Å². The van der Waals surface area contributed by atoms with E-state index in [1.54, 1.807) is 7.11 Å². The van der Waals surface area contributed by atoms with Crippen molar-refractivity contribution in [1.82, 2.24) is 4.90 Å². The summed E-state index contributed by atoms with van der Waals surface area (Å²) in [5, 5.41) is 9.01. The SMILES string of the molecule is CCOC(CCN1CCCC(C)(OC)C1)C(=O)O. The molecule has 2 atom stereocenters. The van der Waals surface area contributed by atoms with Crippen LogP contribution in [0, 0.1) is 0 Å². The number of likely N-dealkylation sites (tertiary alicyclic amines) is 1. The van der Waals surface area contributed by atoms with Crippen LogP contribution in [0.3, 0.4) is 0 Å². The van der Waals surface area contributed by atoms with Gasteiger partial charge in [-0.05, 0) is 39.7 Å². The molecule has 0 bridgehead atoms. The molecule has 0 spiro atoms. The summed E-state index contributed by atoms with van der Waals surface area (Å²) < 4.78 is 10.7. The molecule has 106 valence electrons. The Morgan fingerprint density at radius 2 is 2.28 bits per heavy atom. The topological polar surface area (TPSA) is 59.0 Å². The van der Waals surface area contributed by atoms with Gasteiger partial charge in [0, 0.05) is 26.8 Å². The molecule has 5 heteroatoms. The lowest BCUT2D eigenvalue weighted by molar-refractivity contribution is -0.151. The molecule has 0 aliphatic carbocycles. The average Bonchev–Trinajstić information content (AvgIpc) is 2.34. The standard InChI is InChI=1S/C13H25NO4/c1-4-18-11(12(15)16)6-9-14-8-5-7-13(2,10-14)17-3/h11H,4-10H2,1-3H3,(H,15,16). The van der Waals surface area contributed by atoms with E-state index in [0.717, 1.165) is 32.5 Å². The molecule has 5 nitrogen and oxygen atoms in total. The van der Waals surface area contributed by atoms with Crippen molar-refractivity contribution in [2.24, 2.45) is 0 Å². The van der Waals surface area contributed by atoms with Crippen LogP contribution in [0.5, 0.6) is 0 Å². The van der Waals surface area contributed by atoms with Crippen LogP contribution in [0.2, 0.25) is 0 Å². The molecular formula is C13H25NO4. The van der Waals surface area contributed by atoms with Crippen molar-refractivity contribution in [3.63, 3.8) is 0 Å². The van der Waals surface area contributed by atoms with E-state index in [9.17, 15) is 4.79 Å². The van der Waals surface area contributed by atoms with Gasteiger partial charge in [-0.1, -0.05) is 0 Å². The van der Waals surface area contributed by atoms with Crippen LogP contribution in [-0.4, -0.2) is 61.0 Å². The lowest BCUT2D eigenvalue weighted by Crippen LogP contribution is -2.48. The van der Waals surface area contributed by atoms with E-state index in [2.05, 4.69) is 11.8 Å². The normalized spacial score (nSPS) is 27.1. The molecule has 0 aromatic rings. The smallest absolute Gasteiger partial charge is 0.332 e. The number of rotatable bonds is 7. The molecule has 2 unspecified atom stereocenters. The van der Waals surface area contributed by atoms with Crippen molar-refractivity contribution in [3.8, 4) is 0 Å². The monoisotopic (exact) mass is 259 g/mol. The third-order valence-corrected chi connectivity index (χ3v) is 3.58. The summed E-state index contributed by atoms with van der Waals surface area (Å²) in [6, 6.07) is 0. The van der Waals surface area contributed by atoms with Crippen molar-refractivity contribution >= 4 is 5.97 Å². The van der Waals surface area contributed by atoms with Gasteiger partial charge in [0.15, 0.2) is 6.10 Å². The largest absolute Gasteiger partial charge is 0.479 e. The number of ether oxygens (including phenoxy) is 2. The molecule has 0 aromatic heterocycles. The summed E-state index contributed by atoms with van der Waals surface area (Å²) in [6.07, 6.45) is 2.00. The van der Waals surface area contributed by atoms with E-state index >= 15 is 0 Å². The number of nitrogens with zero attached hydrogens (tertiary/aromatic N) is 1. The molecule has 1 fully saturated rings. The minimum absolute atomic E-state index is 0.0947. The lowest BCUT2D eigenvalue weighted by atomic mass is 9.94. The van der Waals surface area contributed by atoms with Crippen molar-refractivity contribution in [2.45, 2.75) is 44.8 Å². The summed E-state index contributed by atoms with van der Waals surface area (Å²) in [5.74, 6) is -0.872. The third kappa shape index (κ3) is 4.55. The molecule has 1 aliphatic heterocycles. The first-order valence-corrected chi connectivity index (χ1v) is 6.62. The lowest BCUT2D eigenvalue weighted by Gasteiger charge is -2.39. The highest BCUT2D eigenvalue weighted by Gasteiger charge is 2.31. The highest BCUT2D eigenvalue weighted by atomic mass is 16.5. The molecule has 0 aromatic carbocycles. The van der Waals surface area contributed by atoms with E-state index < -0.39 is 12.1 Å². The second kappa shape index (κ2) is 7.07. The molecule has 1 N–H and O–H groups in total. The van der Waals surface area contributed by atoms with Gasteiger partial charge in [-0.3, -0.25) is 0 Å². The highest BCUT2D eigenvalue weighted by Crippen LogP contribution is 2.24. The molecule has 1 heterocycles. The summed E-state index contributed by atoms with van der Waals surface area (Å²) in [4.78, 5) is 13.2. The van der Waals surface area contributed by atoms with Gasteiger partial charge < -0.3 is 19.5 Å².